The van der Waals surface area contributed by atoms with Gasteiger partial charge in [0, 0.05) is 29.3 Å². The molecule has 0 aliphatic carbocycles. The number of nitrogens with zero attached hydrogens (tertiary/aromatic N) is 4. The lowest BCUT2D eigenvalue weighted by Gasteiger charge is -2.19. The Morgan fingerprint density at radius 2 is 1.88 bits per heavy atom. The van der Waals surface area contributed by atoms with Gasteiger partial charge in [-0.05, 0) is 30.0 Å². The van der Waals surface area contributed by atoms with E-state index in [1.807, 2.05) is 43.5 Å². The summed E-state index contributed by atoms with van der Waals surface area (Å²) in [6, 6.07) is 17.8. The van der Waals surface area contributed by atoms with Crippen molar-refractivity contribution in [1.29, 1.82) is 0 Å². The predicted molar refractivity (Wildman–Crippen MR) is 129 cm³/mol. The van der Waals surface area contributed by atoms with E-state index in [1.54, 1.807) is 17.1 Å². The molecule has 0 atom stereocenters. The summed E-state index contributed by atoms with van der Waals surface area (Å²) in [6.07, 6.45) is 5.17. The molecule has 0 bridgehead atoms. The van der Waals surface area contributed by atoms with Crippen molar-refractivity contribution in [3.8, 4) is 11.3 Å². The minimum absolute atomic E-state index is 0.0754. The van der Waals surface area contributed by atoms with Crippen LogP contribution in [0.4, 0.5) is 0 Å². The number of hydrazone groups is 1. The van der Waals surface area contributed by atoms with Gasteiger partial charge in [0.25, 0.3) is 5.91 Å². The van der Waals surface area contributed by atoms with Gasteiger partial charge in [0.1, 0.15) is 0 Å². The van der Waals surface area contributed by atoms with E-state index < -0.39 is 0 Å². The lowest BCUT2D eigenvalue weighted by molar-refractivity contribution is 0.0956. The fraction of sp³-hybridized carbons (Fsp3) is 0.231. The van der Waals surface area contributed by atoms with Gasteiger partial charge in [0.2, 0.25) is 0 Å². The molecule has 0 aliphatic rings. The number of amides is 1. The molecule has 32 heavy (non-hydrogen) atoms. The van der Waals surface area contributed by atoms with E-state index in [1.165, 1.54) is 5.56 Å². The first kappa shape index (κ1) is 21.4. The zero-order valence-corrected chi connectivity index (χ0v) is 18.8. The Labute approximate surface area is 188 Å². The van der Waals surface area contributed by atoms with Crippen LogP contribution < -0.4 is 5.43 Å². The maximum atomic E-state index is 13.0. The molecular weight excluding hydrogens is 398 g/mol. The highest BCUT2D eigenvalue weighted by atomic mass is 16.2. The number of para-hydroxylation sites is 1. The van der Waals surface area contributed by atoms with Gasteiger partial charge in [0.05, 0.1) is 29.2 Å². The molecule has 0 fully saturated rings. The third-order valence-electron chi connectivity index (χ3n) is 5.36. The number of nitrogens with one attached hydrogen (secondary N) is 1. The van der Waals surface area contributed by atoms with Crippen molar-refractivity contribution < 1.29 is 4.79 Å². The van der Waals surface area contributed by atoms with Crippen LogP contribution in [-0.4, -0.2) is 26.9 Å². The number of benzene rings is 2. The molecule has 0 saturated heterocycles. The molecule has 6 nitrogen and oxygen atoms in total. The van der Waals surface area contributed by atoms with Crippen LogP contribution in [0, 0.1) is 0 Å². The molecule has 2 heterocycles. The van der Waals surface area contributed by atoms with E-state index in [9.17, 15) is 4.79 Å². The van der Waals surface area contributed by atoms with Gasteiger partial charge < -0.3 is 0 Å². The number of carbonyl (C=O) groups excluding carboxylic acids is 1. The SMILES string of the molecule is CCn1cc(C=NNC(=O)c2cc(-c3ccc(C(C)(C)C)cc3)nc3ccccc23)cn1. The molecular formula is C26H27N5O. The summed E-state index contributed by atoms with van der Waals surface area (Å²) >= 11 is 0. The first-order chi connectivity index (χ1) is 15.3. The average Bonchev–Trinajstić information content (AvgIpc) is 3.26. The highest BCUT2D eigenvalue weighted by Gasteiger charge is 2.16. The van der Waals surface area contributed by atoms with Crippen molar-refractivity contribution in [2.45, 2.75) is 39.7 Å². The van der Waals surface area contributed by atoms with Crippen LogP contribution in [0.2, 0.25) is 0 Å². The van der Waals surface area contributed by atoms with Gasteiger partial charge in [-0.2, -0.15) is 10.2 Å². The highest BCUT2D eigenvalue weighted by Crippen LogP contribution is 2.28. The molecule has 6 heteroatoms. The number of carbonyl (C=O) groups is 1. The van der Waals surface area contributed by atoms with Crippen LogP contribution in [0.5, 0.6) is 0 Å². The Balaban J connectivity index is 1.65. The fourth-order valence-electron chi connectivity index (χ4n) is 3.50. The first-order valence-electron chi connectivity index (χ1n) is 10.7. The van der Waals surface area contributed by atoms with Gasteiger partial charge >= 0.3 is 0 Å². The van der Waals surface area contributed by atoms with Crippen molar-refractivity contribution >= 4 is 23.0 Å². The van der Waals surface area contributed by atoms with E-state index >= 15 is 0 Å². The standard InChI is InChI=1S/C26H27N5O/c1-5-31-17-18(16-28-31)15-27-30-25(32)22-14-24(29-23-9-7-6-8-21(22)23)19-10-12-20(13-11-19)26(2,3)4/h6-17H,5H2,1-4H3,(H,30,32). The fourth-order valence-corrected chi connectivity index (χ4v) is 3.50. The normalized spacial score (nSPS) is 11.9. The van der Waals surface area contributed by atoms with Crippen LogP contribution in [0.3, 0.4) is 0 Å². The second-order valence-corrected chi connectivity index (χ2v) is 8.73. The summed E-state index contributed by atoms with van der Waals surface area (Å²) in [5.41, 5.74) is 7.81. The number of hydrogen-bond donors (Lipinski definition) is 1. The monoisotopic (exact) mass is 425 g/mol. The maximum Gasteiger partial charge on any atom is 0.272 e. The molecule has 162 valence electrons. The quantitative estimate of drug-likeness (QED) is 0.354. The predicted octanol–water partition coefficient (Wildman–Crippen LogP) is 5.18. The summed E-state index contributed by atoms with van der Waals surface area (Å²) in [5, 5.41) is 9.10. The molecule has 1 N–H and O–H groups in total. The molecule has 4 rings (SSSR count). The summed E-state index contributed by atoms with van der Waals surface area (Å²) in [7, 11) is 0. The van der Waals surface area contributed by atoms with Crippen LogP contribution in [0.15, 0.2) is 72.1 Å². The smallest absolute Gasteiger partial charge is 0.272 e. The second kappa shape index (κ2) is 8.75. The van der Waals surface area contributed by atoms with Crippen molar-refractivity contribution in [3.63, 3.8) is 0 Å². The lowest BCUT2D eigenvalue weighted by atomic mass is 9.86. The van der Waals surface area contributed by atoms with Crippen LogP contribution in [0.25, 0.3) is 22.2 Å². The minimum Gasteiger partial charge on any atom is -0.272 e. The number of aryl methyl sites for hydroxylation is 1. The highest BCUT2D eigenvalue weighted by molar-refractivity contribution is 6.07. The van der Waals surface area contributed by atoms with Crippen LogP contribution in [0.1, 0.15) is 49.2 Å². The van der Waals surface area contributed by atoms with E-state index in [0.717, 1.165) is 34.3 Å². The number of fused-ring (bicyclic) bond motifs is 1. The Bertz CT molecular complexity index is 1280. The zero-order valence-electron chi connectivity index (χ0n) is 18.8. The van der Waals surface area contributed by atoms with Crippen molar-refractivity contribution in [2.24, 2.45) is 5.10 Å². The Morgan fingerprint density at radius 3 is 2.56 bits per heavy atom. The number of pyridine rings is 1. The molecule has 0 aliphatic heterocycles. The Hall–Kier alpha value is -3.80. The maximum absolute atomic E-state index is 13.0. The second-order valence-electron chi connectivity index (χ2n) is 8.73. The summed E-state index contributed by atoms with van der Waals surface area (Å²) < 4.78 is 1.80. The molecule has 2 aromatic carbocycles. The third-order valence-corrected chi connectivity index (χ3v) is 5.36. The van der Waals surface area contributed by atoms with Crippen LogP contribution in [-0.2, 0) is 12.0 Å². The summed E-state index contributed by atoms with van der Waals surface area (Å²) in [5.74, 6) is -0.282. The molecule has 2 aromatic heterocycles. The van der Waals surface area contributed by atoms with Crippen molar-refractivity contribution in [3.05, 3.63) is 83.7 Å². The van der Waals surface area contributed by atoms with Gasteiger partial charge in [0.15, 0.2) is 0 Å². The van der Waals surface area contributed by atoms with E-state index in [0.29, 0.717) is 5.56 Å². The molecule has 0 unspecified atom stereocenters. The van der Waals surface area contributed by atoms with E-state index in [-0.39, 0.29) is 11.3 Å². The molecule has 0 spiro atoms. The minimum atomic E-state index is -0.282. The number of hydrogen-bond acceptors (Lipinski definition) is 4. The van der Waals surface area contributed by atoms with Crippen molar-refractivity contribution in [2.75, 3.05) is 0 Å². The average molecular weight is 426 g/mol. The largest absolute Gasteiger partial charge is 0.272 e. The van der Waals surface area contributed by atoms with Crippen LogP contribution >= 0.6 is 0 Å². The molecule has 1 amide bonds. The van der Waals surface area contributed by atoms with Gasteiger partial charge in [-0.25, -0.2) is 10.4 Å². The number of rotatable bonds is 5. The topological polar surface area (TPSA) is 72.2 Å². The lowest BCUT2D eigenvalue weighted by Crippen LogP contribution is -2.18. The van der Waals surface area contributed by atoms with Gasteiger partial charge in [-0.15, -0.1) is 0 Å². The summed E-state index contributed by atoms with van der Waals surface area (Å²) in [6.45, 7) is 9.35. The van der Waals surface area contributed by atoms with Gasteiger partial charge in [-0.3, -0.25) is 9.48 Å². The molecule has 0 saturated carbocycles. The van der Waals surface area contributed by atoms with E-state index in [2.05, 4.69) is 60.7 Å². The Morgan fingerprint density at radius 1 is 1.12 bits per heavy atom. The number of aromatic nitrogens is 3. The summed E-state index contributed by atoms with van der Waals surface area (Å²) in [4.78, 5) is 17.8. The van der Waals surface area contributed by atoms with Gasteiger partial charge in [-0.1, -0.05) is 63.2 Å². The molecule has 0 radical (unpaired) electrons. The zero-order chi connectivity index (χ0) is 22.7. The first-order valence-corrected chi connectivity index (χ1v) is 10.7. The Kier molecular flexibility index (Phi) is 5.86. The molecule has 4 aromatic rings. The van der Waals surface area contributed by atoms with Crippen molar-refractivity contribution in [1.82, 2.24) is 20.2 Å². The third kappa shape index (κ3) is 4.59. The van der Waals surface area contributed by atoms with E-state index in [4.69, 9.17) is 4.98 Å².